The molecule has 106 valence electrons. The largest absolute Gasteiger partial charge is 0.341 e. The van der Waals surface area contributed by atoms with E-state index >= 15 is 0 Å². The molecule has 0 radical (unpaired) electrons. The molecule has 0 spiro atoms. The Hall–Kier alpha value is -0.670. The summed E-state index contributed by atoms with van der Waals surface area (Å²) >= 11 is 5.77. The summed E-state index contributed by atoms with van der Waals surface area (Å²) in [4.78, 5) is 12.3. The van der Waals surface area contributed by atoms with Gasteiger partial charge in [0.1, 0.15) is 5.66 Å². The van der Waals surface area contributed by atoms with E-state index in [0.29, 0.717) is 10.6 Å². The molecule has 0 aliphatic heterocycles. The standard InChI is InChI=1S/C13H18ClO4P/c1-4-17-19(16,18-5-2)10(3)13(15)11-6-8-12(14)9-7-11/h6-10H,4-5H2,1-3H3. The van der Waals surface area contributed by atoms with Crippen LogP contribution in [0.5, 0.6) is 0 Å². The lowest BCUT2D eigenvalue weighted by Gasteiger charge is -2.22. The third kappa shape index (κ3) is 4.15. The Labute approximate surface area is 118 Å². The molecular formula is C13H18ClO4P. The highest BCUT2D eigenvalue weighted by Gasteiger charge is 2.37. The summed E-state index contributed by atoms with van der Waals surface area (Å²) in [5.41, 5.74) is -0.398. The monoisotopic (exact) mass is 304 g/mol. The van der Waals surface area contributed by atoms with Crippen molar-refractivity contribution < 1.29 is 18.4 Å². The fraction of sp³-hybridized carbons (Fsp3) is 0.462. The second-order valence-electron chi connectivity index (χ2n) is 3.92. The van der Waals surface area contributed by atoms with E-state index in [1.54, 1.807) is 45.0 Å². The van der Waals surface area contributed by atoms with Crippen LogP contribution in [0.4, 0.5) is 0 Å². The maximum atomic E-state index is 12.5. The van der Waals surface area contributed by atoms with Gasteiger partial charge in [-0.15, -0.1) is 0 Å². The topological polar surface area (TPSA) is 52.6 Å². The van der Waals surface area contributed by atoms with Crippen molar-refractivity contribution >= 4 is 25.0 Å². The molecule has 19 heavy (non-hydrogen) atoms. The van der Waals surface area contributed by atoms with Gasteiger partial charge in [0.2, 0.25) is 0 Å². The number of carbonyl (C=O) groups is 1. The first-order valence-corrected chi connectivity index (χ1v) is 8.12. The molecule has 0 saturated carbocycles. The number of halogens is 1. The molecule has 1 aromatic carbocycles. The summed E-state index contributed by atoms with van der Waals surface area (Å²) in [6.07, 6.45) is 0. The van der Waals surface area contributed by atoms with E-state index < -0.39 is 13.3 Å². The zero-order valence-electron chi connectivity index (χ0n) is 11.3. The smallest absolute Gasteiger partial charge is 0.308 e. The molecule has 0 saturated heterocycles. The lowest BCUT2D eigenvalue weighted by Crippen LogP contribution is -2.20. The van der Waals surface area contributed by atoms with Crippen molar-refractivity contribution in [3.8, 4) is 0 Å². The highest BCUT2D eigenvalue weighted by atomic mass is 35.5. The summed E-state index contributed by atoms with van der Waals surface area (Å²) in [6.45, 7) is 5.45. The van der Waals surface area contributed by atoms with E-state index in [2.05, 4.69) is 0 Å². The first kappa shape index (κ1) is 16.4. The average molecular weight is 305 g/mol. The van der Waals surface area contributed by atoms with Gasteiger partial charge in [-0.1, -0.05) is 11.6 Å². The molecule has 0 N–H and O–H groups in total. The zero-order valence-corrected chi connectivity index (χ0v) is 12.9. The summed E-state index contributed by atoms with van der Waals surface area (Å²) in [7, 11) is -3.43. The Morgan fingerprint density at radius 2 is 1.68 bits per heavy atom. The molecule has 1 aromatic rings. The predicted octanol–water partition coefficient (Wildman–Crippen LogP) is 4.18. The van der Waals surface area contributed by atoms with Gasteiger partial charge < -0.3 is 9.05 Å². The summed E-state index contributed by atoms with van der Waals surface area (Å²) in [6, 6.07) is 6.44. The normalized spacial score (nSPS) is 13.3. The fourth-order valence-electron chi connectivity index (χ4n) is 1.62. The zero-order chi connectivity index (χ0) is 14.5. The van der Waals surface area contributed by atoms with Crippen molar-refractivity contribution in [2.75, 3.05) is 13.2 Å². The minimum absolute atomic E-state index is 0.232. The van der Waals surface area contributed by atoms with Crippen LogP contribution in [-0.4, -0.2) is 24.7 Å². The molecule has 4 nitrogen and oxygen atoms in total. The summed E-state index contributed by atoms with van der Waals surface area (Å²) < 4.78 is 22.9. The fourth-order valence-corrected chi connectivity index (χ4v) is 3.42. The highest BCUT2D eigenvalue weighted by molar-refractivity contribution is 7.55. The maximum Gasteiger partial charge on any atom is 0.341 e. The van der Waals surface area contributed by atoms with Crippen molar-refractivity contribution in [2.45, 2.75) is 26.4 Å². The minimum Gasteiger partial charge on any atom is -0.308 e. The molecule has 0 bridgehead atoms. The number of carbonyl (C=O) groups excluding carboxylic acids is 1. The molecular weight excluding hydrogens is 287 g/mol. The molecule has 1 unspecified atom stereocenters. The molecule has 0 aliphatic rings. The number of hydrogen-bond donors (Lipinski definition) is 0. The molecule has 0 aliphatic carbocycles. The van der Waals surface area contributed by atoms with E-state index in [0.717, 1.165) is 0 Å². The van der Waals surface area contributed by atoms with Crippen LogP contribution < -0.4 is 0 Å². The summed E-state index contributed by atoms with van der Waals surface area (Å²) in [5, 5.41) is 0.544. The Balaban J connectivity index is 2.96. The van der Waals surface area contributed by atoms with Gasteiger partial charge in [-0.2, -0.15) is 0 Å². The van der Waals surface area contributed by atoms with Gasteiger partial charge in [0, 0.05) is 10.6 Å². The van der Waals surface area contributed by atoms with Gasteiger partial charge in [0.05, 0.1) is 13.2 Å². The molecule has 1 atom stereocenters. The first-order chi connectivity index (χ1) is 8.94. The third-order valence-electron chi connectivity index (χ3n) is 2.60. The molecule has 0 fully saturated rings. The highest BCUT2D eigenvalue weighted by Crippen LogP contribution is 2.53. The second-order valence-corrected chi connectivity index (χ2v) is 6.73. The van der Waals surface area contributed by atoms with Gasteiger partial charge in [0.25, 0.3) is 0 Å². The second kappa shape index (κ2) is 7.20. The van der Waals surface area contributed by atoms with Crippen molar-refractivity contribution in [2.24, 2.45) is 0 Å². The number of Topliss-reactive ketones (excluding diaryl/α,β-unsaturated/α-hetero) is 1. The first-order valence-electron chi connectivity index (χ1n) is 6.13. The van der Waals surface area contributed by atoms with Crippen LogP contribution in [0.25, 0.3) is 0 Å². The summed E-state index contributed by atoms with van der Waals surface area (Å²) in [5.74, 6) is -0.276. The van der Waals surface area contributed by atoms with Gasteiger partial charge in [-0.05, 0) is 45.0 Å². The third-order valence-corrected chi connectivity index (χ3v) is 5.27. The Kier molecular flexibility index (Phi) is 6.21. The minimum atomic E-state index is -3.43. The molecule has 0 amide bonds. The number of rotatable bonds is 7. The van der Waals surface area contributed by atoms with E-state index in [1.807, 2.05) is 0 Å². The average Bonchev–Trinajstić information content (AvgIpc) is 2.38. The molecule has 0 heterocycles. The lowest BCUT2D eigenvalue weighted by atomic mass is 10.1. The van der Waals surface area contributed by atoms with Crippen LogP contribution in [0.3, 0.4) is 0 Å². The van der Waals surface area contributed by atoms with E-state index in [4.69, 9.17) is 20.6 Å². The molecule has 6 heteroatoms. The molecule has 0 aromatic heterocycles. The van der Waals surface area contributed by atoms with Crippen molar-refractivity contribution in [1.29, 1.82) is 0 Å². The van der Waals surface area contributed by atoms with Gasteiger partial charge in [-0.25, -0.2) is 0 Å². The number of hydrogen-bond acceptors (Lipinski definition) is 4. The van der Waals surface area contributed by atoms with Crippen LogP contribution in [0, 0.1) is 0 Å². The maximum absolute atomic E-state index is 12.5. The van der Waals surface area contributed by atoms with Gasteiger partial charge in [0.15, 0.2) is 5.78 Å². The Bertz CT molecular complexity index is 462. The van der Waals surface area contributed by atoms with Crippen LogP contribution >= 0.6 is 19.2 Å². The van der Waals surface area contributed by atoms with Crippen LogP contribution in [0.1, 0.15) is 31.1 Å². The van der Waals surface area contributed by atoms with Crippen LogP contribution in [0.15, 0.2) is 24.3 Å². The van der Waals surface area contributed by atoms with Gasteiger partial charge in [-0.3, -0.25) is 9.36 Å². The number of benzene rings is 1. The van der Waals surface area contributed by atoms with Gasteiger partial charge >= 0.3 is 7.60 Å². The number of ketones is 1. The predicted molar refractivity (Wildman–Crippen MR) is 76.1 cm³/mol. The van der Waals surface area contributed by atoms with Crippen molar-refractivity contribution in [3.63, 3.8) is 0 Å². The molecule has 1 rings (SSSR count). The SMILES string of the molecule is CCOP(=O)(OCC)C(C)C(=O)c1ccc(Cl)cc1. The van der Waals surface area contributed by atoms with E-state index in [9.17, 15) is 9.36 Å². The lowest BCUT2D eigenvalue weighted by molar-refractivity contribution is 0.0973. The van der Waals surface area contributed by atoms with E-state index in [-0.39, 0.29) is 19.0 Å². The van der Waals surface area contributed by atoms with Crippen LogP contribution in [-0.2, 0) is 13.6 Å². The van der Waals surface area contributed by atoms with Crippen molar-refractivity contribution in [1.82, 2.24) is 0 Å². The Morgan fingerprint density at radius 1 is 1.21 bits per heavy atom. The van der Waals surface area contributed by atoms with E-state index in [1.165, 1.54) is 0 Å². The quantitative estimate of drug-likeness (QED) is 0.560. The van der Waals surface area contributed by atoms with Crippen molar-refractivity contribution in [3.05, 3.63) is 34.9 Å². The Morgan fingerprint density at radius 3 is 2.11 bits per heavy atom. The van der Waals surface area contributed by atoms with Crippen LogP contribution in [0.2, 0.25) is 5.02 Å².